The van der Waals surface area contributed by atoms with Gasteiger partial charge in [-0.25, -0.2) is 32.9 Å². The molecular formula is C73H85N12O33P3S3. The summed E-state index contributed by atoms with van der Waals surface area (Å²) in [5.74, 6) is -8.70. The molecule has 45 nitrogen and oxygen atoms in total. The number of carbonyl (C=O) groups is 13. The fraction of sp³-hybridized carbons (Fsp3) is 0.384. The second-order valence-corrected chi connectivity index (χ2v) is 34.8. The van der Waals surface area contributed by atoms with Crippen LogP contribution in [-0.4, -0.2) is 239 Å². The monoisotopic (exact) mass is 1850 g/mol. The second-order valence-electron chi connectivity index (χ2n) is 27.3. The van der Waals surface area contributed by atoms with E-state index in [4.69, 9.17) is 45.7 Å². The van der Waals surface area contributed by atoms with Gasteiger partial charge in [-0.2, -0.15) is 31.2 Å². The molecule has 3 aliphatic rings. The number of rotatable bonds is 44. The molecule has 668 valence electrons. The van der Waals surface area contributed by atoms with Crippen LogP contribution in [0.25, 0.3) is 33.3 Å². The zero-order chi connectivity index (χ0) is 90.9. The van der Waals surface area contributed by atoms with Crippen LogP contribution in [0.15, 0.2) is 103 Å². The van der Waals surface area contributed by atoms with Crippen LogP contribution in [0.3, 0.4) is 0 Å². The molecule has 2 aliphatic carbocycles. The maximum Gasteiger partial charge on any atom is 0.490 e. The largest absolute Gasteiger partial charge is 0.490 e. The standard InChI is InChI=1S/C45H54N9O23P3S2.C28H31N3O10S/c46-39-38-23(20-54(40(38)53-44(47)52-39)35-19-32(55)33(75-35)22-74-79(69,70)77-80(71,72)76-78(66,67)68)7-5-14-48-34(56)13-16-82-81-15-6-12-29(41(61)49-30(17-36(57)58)42(62)50-31(43(63)64)18-37(59)60)51-45(65)73-21-28-26-10-3-1-8-24(26)25-9-2-4-11-27(25)28;32-23(33)12-21(26(37)30-22(27(38)39)13-24(34)35)29-25(36)20(10-5-11-42)31-28(40)41-14-19-17-8-3-1-6-15(17)16-7-2-4-9-18(16)19/h1-4,8-11,20,28-33,35,55H,6,12-19,21-22H2,(H,48,56)(H,49,61)(H,50,62)(H,51,65)(H,57,58)(H,59,60)(H,63,64)(H,69,70)(H,71,72)(H2,66,67,68)(H4,46,47,52,53);1-4,6-9,19-22,42H,5,10-14H2,(H,29,36)(H,30,37)(H,31,40)(H,32,33)(H,34,35)(H,38,39). The minimum absolute atomic E-state index is 0.0229. The lowest BCUT2D eigenvalue weighted by molar-refractivity contribution is -0.148. The molecule has 2 aromatic heterocycles. The number of phosphoric ester groups is 1. The maximum absolute atomic E-state index is 13.7. The summed E-state index contributed by atoms with van der Waals surface area (Å²) in [7, 11) is -14.4. The quantitative estimate of drug-likeness (QED) is 0.00859. The summed E-state index contributed by atoms with van der Waals surface area (Å²) in [6.07, 6.45) is -7.97. The van der Waals surface area contributed by atoms with E-state index in [0.29, 0.717) is 23.7 Å². The van der Waals surface area contributed by atoms with Crippen molar-refractivity contribution in [1.82, 2.24) is 51.8 Å². The first-order valence-electron chi connectivity index (χ1n) is 37.0. The summed E-state index contributed by atoms with van der Waals surface area (Å²) in [5.41, 5.74) is 20.1. The number of aliphatic carboxylic acids is 6. The van der Waals surface area contributed by atoms with Crippen LogP contribution in [0.1, 0.15) is 110 Å². The molecule has 1 fully saturated rings. The third-order valence-corrected chi connectivity index (χ3v) is 25.0. The van der Waals surface area contributed by atoms with Crippen molar-refractivity contribution in [1.29, 1.82) is 0 Å². The van der Waals surface area contributed by atoms with Crippen molar-refractivity contribution in [3.05, 3.63) is 131 Å². The highest BCUT2D eigenvalue weighted by atomic mass is 33.1. The summed E-state index contributed by atoms with van der Waals surface area (Å²) < 4.78 is 65.1. The van der Waals surface area contributed by atoms with Gasteiger partial charge in [-0.1, -0.05) is 130 Å². The number of nitrogen functional groups attached to an aromatic ring is 2. The molecule has 1 saturated heterocycles. The molecule has 0 spiro atoms. The number of thiol groups is 1. The number of ether oxygens (including phenoxy) is 3. The van der Waals surface area contributed by atoms with Gasteiger partial charge in [0.05, 0.1) is 55.9 Å². The number of phosphoric acid groups is 3. The van der Waals surface area contributed by atoms with E-state index in [1.807, 2.05) is 108 Å². The number of nitrogens with one attached hydrogen (secondary N) is 7. The van der Waals surface area contributed by atoms with Crippen LogP contribution in [0.2, 0.25) is 0 Å². The van der Waals surface area contributed by atoms with Crippen LogP contribution >= 0.6 is 57.7 Å². The SMILES string of the molecule is Nc1nc(N)c2c(C#CCNC(=O)CCSSCCCC(NC(=O)OCC3c4ccccc4-c4ccccc43)C(=O)NC(CC(=O)O)C(=O)NC(CC(=O)O)C(=O)O)cn(C3CC(O)C(COP(=O)(O)OP(=O)(O)OP(=O)(O)O)O3)c2n1.O=C(O)CC(NC(=O)C(CC(=O)O)NC(=O)C(CCCS)NC(=O)OCC1c2ccccc2-c2ccccc21)C(=O)O. The molecular weight excluding hydrogens is 1760 g/mol. The fourth-order valence-electron chi connectivity index (χ4n) is 13.0. The van der Waals surface area contributed by atoms with Crippen molar-refractivity contribution in [2.75, 3.05) is 55.1 Å². The van der Waals surface area contributed by atoms with Crippen molar-refractivity contribution < 1.29 is 159 Å². The highest BCUT2D eigenvalue weighted by Gasteiger charge is 2.44. The normalized spacial score (nSPS) is 16.8. The number of fused-ring (bicyclic) bond motifs is 7. The van der Waals surface area contributed by atoms with Gasteiger partial charge in [0.15, 0.2) is 5.65 Å². The zero-order valence-corrected chi connectivity index (χ0v) is 69.9. The number of hydrogen-bond donors (Lipinski definition) is 21. The first-order valence-corrected chi connectivity index (χ1v) is 44.7. The lowest BCUT2D eigenvalue weighted by Crippen LogP contribution is -2.56. The Morgan fingerprint density at radius 3 is 1.40 bits per heavy atom. The molecule has 22 N–H and O–H groups in total. The molecule has 51 heteroatoms. The smallest absolute Gasteiger partial charge is 0.481 e. The van der Waals surface area contributed by atoms with Crippen molar-refractivity contribution in [3.8, 4) is 34.1 Å². The number of hydrogen-bond acceptors (Lipinski definition) is 30. The summed E-state index contributed by atoms with van der Waals surface area (Å²) in [6, 6.07) is 20.5. The minimum Gasteiger partial charge on any atom is -0.481 e. The van der Waals surface area contributed by atoms with Crippen molar-refractivity contribution in [2.45, 2.75) is 131 Å². The van der Waals surface area contributed by atoms with Gasteiger partial charge in [-0.15, -0.1) is 0 Å². The first-order chi connectivity index (χ1) is 58.6. The molecule has 3 heterocycles. The number of aliphatic hydroxyl groups excluding tert-OH is 1. The molecule has 6 aromatic rings. The average molecular weight is 1850 g/mol. The molecule has 11 unspecified atom stereocenters. The molecule has 1 aliphatic heterocycles. The van der Waals surface area contributed by atoms with Gasteiger partial charge < -0.3 is 123 Å². The Balaban J connectivity index is 0.000000380. The first kappa shape index (κ1) is 98.2. The predicted octanol–water partition coefficient (Wildman–Crippen LogP) is 3.13. The number of nitrogens with zero attached hydrogens (tertiary/aromatic N) is 3. The van der Waals surface area contributed by atoms with Crippen molar-refractivity contribution in [2.24, 2.45) is 0 Å². The number of aromatic nitrogens is 3. The number of amides is 7. The molecule has 0 saturated carbocycles. The third kappa shape index (κ3) is 29.2. The second kappa shape index (κ2) is 45.4. The molecule has 9 rings (SSSR count). The lowest BCUT2D eigenvalue weighted by atomic mass is 9.98. The van der Waals surface area contributed by atoms with E-state index in [0.717, 1.165) is 44.5 Å². The number of carbonyl (C=O) groups excluding carboxylic acids is 7. The highest BCUT2D eigenvalue weighted by Crippen LogP contribution is 2.66. The Hall–Kier alpha value is -11.3. The lowest BCUT2D eigenvalue weighted by Gasteiger charge is -2.23. The van der Waals surface area contributed by atoms with Crippen LogP contribution < -0.4 is 48.7 Å². The van der Waals surface area contributed by atoms with E-state index in [2.05, 4.69) is 74.2 Å². The van der Waals surface area contributed by atoms with E-state index in [1.165, 1.54) is 32.4 Å². The van der Waals surface area contributed by atoms with Gasteiger partial charge in [-0.05, 0) is 75.9 Å². The van der Waals surface area contributed by atoms with E-state index in [-0.39, 0.29) is 92.1 Å². The summed E-state index contributed by atoms with van der Waals surface area (Å²) in [6.45, 7) is -1.25. The summed E-state index contributed by atoms with van der Waals surface area (Å²) >= 11 is 4.12. The van der Waals surface area contributed by atoms with Gasteiger partial charge in [0.25, 0.3) is 0 Å². The van der Waals surface area contributed by atoms with Crippen LogP contribution in [0.4, 0.5) is 21.4 Å². The number of benzene rings is 4. The fourth-order valence-corrected chi connectivity index (χ4v) is 18.3. The zero-order valence-electron chi connectivity index (χ0n) is 64.7. The van der Waals surface area contributed by atoms with Crippen LogP contribution in [-0.2, 0) is 93.8 Å². The Morgan fingerprint density at radius 2 is 0.968 bits per heavy atom. The number of anilines is 2. The van der Waals surface area contributed by atoms with Crippen LogP contribution in [0.5, 0.6) is 0 Å². The molecule has 124 heavy (non-hydrogen) atoms. The molecule has 0 bridgehead atoms. The third-order valence-electron chi connectivity index (χ3n) is 18.4. The highest BCUT2D eigenvalue weighted by molar-refractivity contribution is 8.76. The van der Waals surface area contributed by atoms with E-state index >= 15 is 0 Å². The van der Waals surface area contributed by atoms with Gasteiger partial charge in [0.2, 0.25) is 35.5 Å². The van der Waals surface area contributed by atoms with E-state index < -0.39 is 188 Å². The summed E-state index contributed by atoms with van der Waals surface area (Å²) in [4.78, 5) is 205. The number of nitrogens with two attached hydrogens (primary N) is 2. The number of carboxylic acids is 6. The predicted molar refractivity (Wildman–Crippen MR) is 438 cm³/mol. The molecule has 0 radical (unpaired) electrons. The Labute approximate surface area is 715 Å². The molecule has 11 atom stereocenters. The Morgan fingerprint density at radius 1 is 0.548 bits per heavy atom. The van der Waals surface area contributed by atoms with E-state index in [9.17, 15) is 111 Å². The van der Waals surface area contributed by atoms with Crippen LogP contribution in [0, 0.1) is 11.8 Å². The number of alkyl carbamates (subject to hydrolysis) is 2. The maximum atomic E-state index is 13.7. The van der Waals surface area contributed by atoms with Crippen molar-refractivity contribution in [3.63, 3.8) is 0 Å². The Kier molecular flexibility index (Phi) is 36.0. The molecule has 7 amide bonds. The van der Waals surface area contributed by atoms with Gasteiger partial charge in [0, 0.05) is 42.4 Å². The van der Waals surface area contributed by atoms with Gasteiger partial charge in [-0.3, -0.25) is 47.7 Å². The molecule has 4 aromatic carbocycles. The van der Waals surface area contributed by atoms with Gasteiger partial charge in [0.1, 0.15) is 67.6 Å². The van der Waals surface area contributed by atoms with Crippen molar-refractivity contribution >= 4 is 158 Å². The minimum atomic E-state index is -5.81. The summed E-state index contributed by atoms with van der Waals surface area (Å²) in [5, 5.41) is 82.2. The number of aliphatic hydroxyl groups is 1. The number of carboxylic acid groups (broad SMARTS) is 6. The van der Waals surface area contributed by atoms with E-state index in [1.54, 1.807) is 0 Å². The average Bonchev–Trinajstić information content (AvgIpc) is 1.62. The van der Waals surface area contributed by atoms with Gasteiger partial charge >= 0.3 is 71.5 Å². The topological polar surface area (TPSA) is 718 Å². The Bertz CT molecular complexity index is 5120.